The summed E-state index contributed by atoms with van der Waals surface area (Å²) in [5, 5.41) is 15.0. The lowest BCUT2D eigenvalue weighted by molar-refractivity contribution is -0.384. The lowest BCUT2D eigenvalue weighted by Gasteiger charge is -2.08. The molecule has 2 aromatic heterocycles. The molecule has 2 heterocycles. The van der Waals surface area contributed by atoms with Crippen LogP contribution >= 0.6 is 0 Å². The number of aromatic amines is 1. The van der Waals surface area contributed by atoms with Crippen molar-refractivity contribution in [3.8, 4) is 0 Å². The molecule has 0 atom stereocenters. The Morgan fingerprint density at radius 1 is 1.03 bits per heavy atom. The van der Waals surface area contributed by atoms with Gasteiger partial charge in [-0.1, -0.05) is 64.7 Å². The number of non-ortho nitro benzene ring substituents is 1. The maximum Gasteiger partial charge on any atom is 0.329 e. The average molecular weight is 498 g/mol. The number of benzene rings is 1. The first-order valence-corrected chi connectivity index (χ1v) is 12.7. The van der Waals surface area contributed by atoms with E-state index in [-0.39, 0.29) is 11.3 Å². The minimum absolute atomic E-state index is 0.00135. The Labute approximate surface area is 209 Å². The molecule has 11 nitrogen and oxygen atoms in total. The standard InChI is InChI=1S/C25H35N7O4/c1-3-4-5-6-7-8-9-10-11-12-17-31-21-22(30(2)25(34)28-23(21)33)27-24(31)29-26-18-19-13-15-20(16-14-19)32(35)36/h13-16,18H,3-12,17H2,1-2H3,(H,27,29)(H,28,33,34)/b26-18-. The van der Waals surface area contributed by atoms with Gasteiger partial charge in [0.1, 0.15) is 0 Å². The van der Waals surface area contributed by atoms with Crippen molar-refractivity contribution >= 4 is 29.0 Å². The van der Waals surface area contributed by atoms with E-state index < -0.39 is 16.2 Å². The number of anilines is 1. The molecular weight excluding hydrogens is 462 g/mol. The van der Waals surface area contributed by atoms with Crippen LogP contribution in [0.5, 0.6) is 0 Å². The van der Waals surface area contributed by atoms with Gasteiger partial charge < -0.3 is 4.57 Å². The fourth-order valence-electron chi connectivity index (χ4n) is 4.14. The third-order valence-electron chi connectivity index (χ3n) is 6.22. The SMILES string of the molecule is CCCCCCCCCCCCn1c(N/N=C\c2ccc([N+](=O)[O-])cc2)nc2c1c(=O)[nH]c(=O)n2C. The summed E-state index contributed by atoms with van der Waals surface area (Å²) in [6, 6.07) is 5.98. The number of hydrogen-bond acceptors (Lipinski definition) is 7. The molecule has 36 heavy (non-hydrogen) atoms. The van der Waals surface area contributed by atoms with Gasteiger partial charge in [-0.05, 0) is 24.1 Å². The second-order valence-corrected chi connectivity index (χ2v) is 8.98. The smallest absolute Gasteiger partial charge is 0.303 e. The van der Waals surface area contributed by atoms with Crippen LogP contribution in [-0.4, -0.2) is 30.2 Å². The largest absolute Gasteiger partial charge is 0.329 e. The fraction of sp³-hybridized carbons (Fsp3) is 0.520. The third kappa shape index (κ3) is 7.12. The number of aryl methyl sites for hydroxylation is 2. The topological polar surface area (TPSA) is 140 Å². The molecule has 0 unspecified atom stereocenters. The zero-order valence-corrected chi connectivity index (χ0v) is 21.0. The minimum Gasteiger partial charge on any atom is -0.303 e. The van der Waals surface area contributed by atoms with Gasteiger partial charge in [0.25, 0.3) is 11.2 Å². The Balaban J connectivity index is 1.66. The van der Waals surface area contributed by atoms with Gasteiger partial charge in [-0.3, -0.25) is 24.5 Å². The van der Waals surface area contributed by atoms with Gasteiger partial charge in [0.15, 0.2) is 11.2 Å². The number of aromatic nitrogens is 4. The monoisotopic (exact) mass is 497 g/mol. The first-order valence-electron chi connectivity index (χ1n) is 12.7. The van der Waals surface area contributed by atoms with Gasteiger partial charge in [0.2, 0.25) is 5.95 Å². The molecule has 0 fully saturated rings. The number of unbranched alkanes of at least 4 members (excludes halogenated alkanes) is 9. The summed E-state index contributed by atoms with van der Waals surface area (Å²) in [5.41, 5.74) is 3.11. The maximum absolute atomic E-state index is 12.6. The lowest BCUT2D eigenvalue weighted by Crippen LogP contribution is -2.29. The molecule has 3 rings (SSSR count). The van der Waals surface area contributed by atoms with Crippen molar-refractivity contribution in [3.05, 3.63) is 60.8 Å². The van der Waals surface area contributed by atoms with Gasteiger partial charge in [-0.15, -0.1) is 0 Å². The van der Waals surface area contributed by atoms with Crippen LogP contribution in [0, 0.1) is 10.1 Å². The first kappa shape index (κ1) is 26.8. The molecular formula is C25H35N7O4. The van der Waals surface area contributed by atoms with Crippen molar-refractivity contribution in [2.45, 2.75) is 77.7 Å². The van der Waals surface area contributed by atoms with Gasteiger partial charge in [-0.25, -0.2) is 10.2 Å². The van der Waals surface area contributed by atoms with Crippen molar-refractivity contribution in [2.75, 3.05) is 5.43 Å². The second-order valence-electron chi connectivity index (χ2n) is 8.98. The maximum atomic E-state index is 12.6. The molecule has 3 aromatic rings. The Morgan fingerprint density at radius 2 is 1.64 bits per heavy atom. The van der Waals surface area contributed by atoms with Crippen molar-refractivity contribution in [1.82, 2.24) is 19.1 Å². The van der Waals surface area contributed by atoms with Crippen molar-refractivity contribution < 1.29 is 4.92 Å². The highest BCUT2D eigenvalue weighted by molar-refractivity contribution is 5.81. The number of H-pyrrole nitrogens is 1. The van der Waals surface area contributed by atoms with Crippen LogP contribution in [0.4, 0.5) is 11.6 Å². The molecule has 1 aromatic carbocycles. The zero-order valence-electron chi connectivity index (χ0n) is 21.0. The first-order chi connectivity index (χ1) is 17.4. The van der Waals surface area contributed by atoms with E-state index in [0.29, 0.717) is 23.6 Å². The summed E-state index contributed by atoms with van der Waals surface area (Å²) in [6.07, 6.45) is 13.5. The number of hydrogen-bond donors (Lipinski definition) is 2. The van der Waals surface area contributed by atoms with E-state index in [1.165, 1.54) is 67.9 Å². The molecule has 0 aliphatic rings. The summed E-state index contributed by atoms with van der Waals surface area (Å²) < 4.78 is 3.06. The Hall–Kier alpha value is -3.76. The lowest BCUT2D eigenvalue weighted by atomic mass is 10.1. The molecule has 0 bridgehead atoms. The number of fused-ring (bicyclic) bond motifs is 1. The highest BCUT2D eigenvalue weighted by Crippen LogP contribution is 2.18. The van der Waals surface area contributed by atoms with Crippen molar-refractivity contribution in [3.63, 3.8) is 0 Å². The predicted octanol–water partition coefficient (Wildman–Crippen LogP) is 4.70. The van der Waals surface area contributed by atoms with Crippen LogP contribution < -0.4 is 16.7 Å². The quantitative estimate of drug-likeness (QED) is 0.135. The summed E-state index contributed by atoms with van der Waals surface area (Å²) >= 11 is 0. The molecule has 0 amide bonds. The van der Waals surface area contributed by atoms with Crippen LogP contribution in [0.1, 0.15) is 76.7 Å². The molecule has 0 aliphatic heterocycles. The van der Waals surface area contributed by atoms with Crippen molar-refractivity contribution in [2.24, 2.45) is 12.1 Å². The molecule has 0 saturated heterocycles. The molecule has 0 radical (unpaired) electrons. The zero-order chi connectivity index (χ0) is 25.9. The fourth-order valence-corrected chi connectivity index (χ4v) is 4.14. The number of hydrazone groups is 1. The molecule has 2 N–H and O–H groups in total. The van der Waals surface area contributed by atoms with E-state index in [1.807, 2.05) is 0 Å². The molecule has 194 valence electrons. The Kier molecular flexibility index (Phi) is 9.96. The van der Waals surface area contributed by atoms with Crippen LogP contribution in [-0.2, 0) is 13.6 Å². The highest BCUT2D eigenvalue weighted by Gasteiger charge is 2.17. The van der Waals surface area contributed by atoms with E-state index in [1.54, 1.807) is 23.7 Å². The molecule has 0 saturated carbocycles. The molecule has 0 spiro atoms. The van der Waals surface area contributed by atoms with E-state index in [9.17, 15) is 19.7 Å². The van der Waals surface area contributed by atoms with E-state index >= 15 is 0 Å². The van der Waals surface area contributed by atoms with E-state index in [4.69, 9.17) is 0 Å². The van der Waals surface area contributed by atoms with E-state index in [2.05, 4.69) is 27.4 Å². The number of rotatable bonds is 15. The highest BCUT2D eigenvalue weighted by atomic mass is 16.6. The van der Waals surface area contributed by atoms with Crippen LogP contribution in [0.2, 0.25) is 0 Å². The van der Waals surface area contributed by atoms with Gasteiger partial charge in [-0.2, -0.15) is 10.1 Å². The Bertz CT molecular complexity index is 1290. The van der Waals surface area contributed by atoms with E-state index in [0.717, 1.165) is 19.3 Å². The van der Waals surface area contributed by atoms with Crippen LogP contribution in [0.15, 0.2) is 39.0 Å². The van der Waals surface area contributed by atoms with Gasteiger partial charge in [0, 0.05) is 25.7 Å². The molecule has 11 heteroatoms. The second kappa shape index (κ2) is 13.4. The molecule has 0 aliphatic carbocycles. The number of nitrogens with zero attached hydrogens (tertiary/aromatic N) is 5. The number of nitro benzene ring substituents is 1. The van der Waals surface area contributed by atoms with Gasteiger partial charge in [0.05, 0.1) is 11.1 Å². The van der Waals surface area contributed by atoms with Gasteiger partial charge >= 0.3 is 5.69 Å². The van der Waals surface area contributed by atoms with Crippen LogP contribution in [0.3, 0.4) is 0 Å². The van der Waals surface area contributed by atoms with Crippen LogP contribution in [0.25, 0.3) is 11.2 Å². The predicted molar refractivity (Wildman–Crippen MR) is 142 cm³/mol. The minimum atomic E-state index is -0.531. The summed E-state index contributed by atoms with van der Waals surface area (Å²) in [7, 11) is 1.56. The summed E-state index contributed by atoms with van der Waals surface area (Å²) in [5.74, 6) is 0.353. The number of nitrogens with one attached hydrogen (secondary N) is 2. The number of imidazole rings is 1. The number of nitro groups is 1. The van der Waals surface area contributed by atoms with Crippen molar-refractivity contribution in [1.29, 1.82) is 0 Å². The Morgan fingerprint density at radius 3 is 2.25 bits per heavy atom. The normalized spacial score (nSPS) is 11.5. The third-order valence-corrected chi connectivity index (χ3v) is 6.22. The summed E-state index contributed by atoms with van der Waals surface area (Å²) in [4.78, 5) is 41.8. The average Bonchev–Trinajstić information content (AvgIpc) is 3.23. The summed E-state index contributed by atoms with van der Waals surface area (Å²) in [6.45, 7) is 2.78.